The van der Waals surface area contributed by atoms with Crippen molar-refractivity contribution in [2.75, 3.05) is 11.9 Å². The molecule has 2 N–H and O–H groups in total. The van der Waals surface area contributed by atoms with E-state index in [1.165, 1.54) is 6.08 Å². The fourth-order valence-electron chi connectivity index (χ4n) is 2.55. The highest BCUT2D eigenvalue weighted by Crippen LogP contribution is 2.17. The molecule has 4 amide bonds. The monoisotopic (exact) mass is 369 g/mol. The molecular weight excluding hydrogens is 354 g/mol. The third-order valence-corrected chi connectivity index (χ3v) is 3.96. The lowest BCUT2D eigenvalue weighted by molar-refractivity contribution is -0.127. The highest BCUT2D eigenvalue weighted by Gasteiger charge is 2.34. The fraction of sp³-hybridized carbons (Fsp3) is 0.105. The van der Waals surface area contributed by atoms with E-state index in [9.17, 15) is 14.4 Å². The molecule has 132 valence electrons. The van der Waals surface area contributed by atoms with Gasteiger partial charge in [-0.2, -0.15) is 0 Å². The van der Waals surface area contributed by atoms with Crippen LogP contribution in [-0.4, -0.2) is 29.3 Å². The van der Waals surface area contributed by atoms with Gasteiger partial charge in [-0.25, -0.2) is 9.69 Å². The van der Waals surface area contributed by atoms with Gasteiger partial charge in [0.1, 0.15) is 12.2 Å². The summed E-state index contributed by atoms with van der Waals surface area (Å²) in [6.45, 7) is 1.53. The molecule has 7 heteroatoms. The van der Waals surface area contributed by atoms with Crippen molar-refractivity contribution in [3.8, 4) is 0 Å². The normalized spacial score (nSPS) is 15.3. The summed E-state index contributed by atoms with van der Waals surface area (Å²) in [7, 11) is 0. The first-order chi connectivity index (χ1) is 12.4. The van der Waals surface area contributed by atoms with Crippen LogP contribution in [0.5, 0.6) is 0 Å². The number of rotatable bonds is 4. The van der Waals surface area contributed by atoms with E-state index in [2.05, 4.69) is 10.6 Å². The molecule has 0 atom stereocenters. The smallest absolute Gasteiger partial charge is 0.325 e. The molecule has 0 aromatic heterocycles. The largest absolute Gasteiger partial charge is 0.329 e. The van der Waals surface area contributed by atoms with Crippen molar-refractivity contribution in [1.29, 1.82) is 0 Å². The average molecular weight is 370 g/mol. The SMILES string of the molecule is Cc1cccc(NC(=O)CN2C(=O)N/C(=C/c3cccc(Cl)c3)C2=O)c1. The van der Waals surface area contributed by atoms with E-state index in [4.69, 9.17) is 11.6 Å². The molecule has 6 nitrogen and oxygen atoms in total. The van der Waals surface area contributed by atoms with Gasteiger partial charge in [0.25, 0.3) is 5.91 Å². The molecule has 0 saturated carbocycles. The predicted octanol–water partition coefficient (Wildman–Crippen LogP) is 3.18. The summed E-state index contributed by atoms with van der Waals surface area (Å²) in [6, 6.07) is 13.5. The van der Waals surface area contributed by atoms with Gasteiger partial charge in [-0.15, -0.1) is 0 Å². The molecule has 0 spiro atoms. The summed E-state index contributed by atoms with van der Waals surface area (Å²) >= 11 is 5.92. The van der Waals surface area contributed by atoms with Crippen LogP contribution >= 0.6 is 11.6 Å². The van der Waals surface area contributed by atoms with Crippen LogP contribution < -0.4 is 10.6 Å². The first kappa shape index (κ1) is 17.7. The number of anilines is 1. The average Bonchev–Trinajstić information content (AvgIpc) is 2.82. The van der Waals surface area contributed by atoms with E-state index in [0.717, 1.165) is 10.5 Å². The minimum atomic E-state index is -0.636. The Morgan fingerprint density at radius 3 is 2.69 bits per heavy atom. The minimum Gasteiger partial charge on any atom is -0.325 e. The first-order valence-corrected chi connectivity index (χ1v) is 8.27. The topological polar surface area (TPSA) is 78.5 Å². The van der Waals surface area contributed by atoms with Crippen molar-refractivity contribution >= 4 is 41.2 Å². The Hall–Kier alpha value is -3.12. The van der Waals surface area contributed by atoms with Crippen molar-refractivity contribution in [1.82, 2.24) is 10.2 Å². The van der Waals surface area contributed by atoms with Crippen molar-refractivity contribution < 1.29 is 14.4 Å². The molecule has 1 saturated heterocycles. The lowest BCUT2D eigenvalue weighted by Gasteiger charge is -2.12. The Balaban J connectivity index is 1.70. The number of hydrogen-bond donors (Lipinski definition) is 2. The Morgan fingerprint density at radius 1 is 1.19 bits per heavy atom. The lowest BCUT2D eigenvalue weighted by Crippen LogP contribution is -2.38. The molecule has 0 radical (unpaired) electrons. The van der Waals surface area contributed by atoms with Gasteiger partial charge in [-0.05, 0) is 48.4 Å². The molecule has 2 aromatic rings. The third-order valence-electron chi connectivity index (χ3n) is 3.73. The maximum Gasteiger partial charge on any atom is 0.329 e. The van der Waals surface area contributed by atoms with E-state index in [1.807, 2.05) is 19.1 Å². The Bertz CT molecular complexity index is 924. The number of nitrogens with one attached hydrogen (secondary N) is 2. The Kier molecular flexibility index (Phi) is 5.04. The lowest BCUT2D eigenvalue weighted by atomic mass is 10.2. The van der Waals surface area contributed by atoms with Gasteiger partial charge in [-0.3, -0.25) is 9.59 Å². The Morgan fingerprint density at radius 2 is 1.96 bits per heavy atom. The molecule has 2 aromatic carbocycles. The number of amides is 4. The maximum atomic E-state index is 12.4. The van der Waals surface area contributed by atoms with Gasteiger partial charge in [0.05, 0.1) is 0 Å². The van der Waals surface area contributed by atoms with Crippen molar-refractivity contribution in [3.05, 3.63) is 70.4 Å². The molecule has 0 bridgehead atoms. The van der Waals surface area contributed by atoms with Crippen molar-refractivity contribution in [2.24, 2.45) is 0 Å². The Labute approximate surface area is 155 Å². The number of halogens is 1. The quantitative estimate of drug-likeness (QED) is 0.641. The molecule has 3 rings (SSSR count). The number of carbonyl (C=O) groups excluding carboxylic acids is 3. The summed E-state index contributed by atoms with van der Waals surface area (Å²) in [6.07, 6.45) is 1.52. The van der Waals surface area contributed by atoms with Crippen LogP contribution in [0.1, 0.15) is 11.1 Å². The van der Waals surface area contributed by atoms with E-state index >= 15 is 0 Å². The summed E-state index contributed by atoms with van der Waals surface area (Å²) < 4.78 is 0. The fourth-order valence-corrected chi connectivity index (χ4v) is 2.74. The number of aryl methyl sites for hydroxylation is 1. The highest BCUT2D eigenvalue weighted by atomic mass is 35.5. The molecular formula is C19H16ClN3O3. The molecule has 1 aliphatic heterocycles. The van der Waals surface area contributed by atoms with E-state index in [1.54, 1.807) is 36.4 Å². The highest BCUT2D eigenvalue weighted by molar-refractivity contribution is 6.30. The zero-order valence-corrected chi connectivity index (χ0v) is 14.7. The number of nitrogens with zero attached hydrogens (tertiary/aromatic N) is 1. The zero-order valence-electron chi connectivity index (χ0n) is 14.0. The van der Waals surface area contributed by atoms with E-state index in [0.29, 0.717) is 16.3 Å². The van der Waals surface area contributed by atoms with Crippen LogP contribution in [0.4, 0.5) is 10.5 Å². The van der Waals surface area contributed by atoms with Crippen LogP contribution in [0.25, 0.3) is 6.08 Å². The summed E-state index contributed by atoms with van der Waals surface area (Å²) in [5.41, 5.74) is 2.37. The van der Waals surface area contributed by atoms with Crippen LogP contribution in [0, 0.1) is 6.92 Å². The second-order valence-electron chi connectivity index (χ2n) is 5.85. The van der Waals surface area contributed by atoms with Gasteiger partial charge >= 0.3 is 6.03 Å². The summed E-state index contributed by atoms with van der Waals surface area (Å²) in [5, 5.41) is 5.67. The number of benzene rings is 2. The van der Waals surface area contributed by atoms with Crippen LogP contribution in [-0.2, 0) is 9.59 Å². The van der Waals surface area contributed by atoms with Crippen LogP contribution in [0.3, 0.4) is 0 Å². The molecule has 0 aliphatic carbocycles. The summed E-state index contributed by atoms with van der Waals surface area (Å²) in [4.78, 5) is 37.5. The van der Waals surface area contributed by atoms with Gasteiger partial charge in [-0.1, -0.05) is 35.9 Å². The summed E-state index contributed by atoms with van der Waals surface area (Å²) in [5.74, 6) is -1.02. The maximum absolute atomic E-state index is 12.4. The van der Waals surface area contributed by atoms with Gasteiger partial charge < -0.3 is 10.6 Å². The van der Waals surface area contributed by atoms with Gasteiger partial charge in [0.2, 0.25) is 5.91 Å². The third kappa shape index (κ3) is 4.10. The minimum absolute atomic E-state index is 0.0978. The number of imide groups is 1. The number of carbonyl (C=O) groups is 3. The molecule has 26 heavy (non-hydrogen) atoms. The first-order valence-electron chi connectivity index (χ1n) is 7.89. The number of hydrogen-bond acceptors (Lipinski definition) is 3. The van der Waals surface area contributed by atoms with E-state index < -0.39 is 17.8 Å². The molecule has 1 fully saturated rings. The van der Waals surface area contributed by atoms with Crippen molar-refractivity contribution in [2.45, 2.75) is 6.92 Å². The predicted molar refractivity (Wildman–Crippen MR) is 99.5 cm³/mol. The second kappa shape index (κ2) is 7.41. The van der Waals surface area contributed by atoms with E-state index in [-0.39, 0.29) is 12.2 Å². The van der Waals surface area contributed by atoms with Crippen molar-refractivity contribution in [3.63, 3.8) is 0 Å². The van der Waals surface area contributed by atoms with Crippen LogP contribution in [0.2, 0.25) is 5.02 Å². The van der Waals surface area contributed by atoms with Gasteiger partial charge in [0.15, 0.2) is 0 Å². The number of urea groups is 1. The zero-order chi connectivity index (χ0) is 18.7. The molecule has 1 heterocycles. The molecule has 1 aliphatic rings. The van der Waals surface area contributed by atoms with Crippen LogP contribution in [0.15, 0.2) is 54.2 Å². The van der Waals surface area contributed by atoms with Gasteiger partial charge in [0, 0.05) is 10.7 Å². The second-order valence-corrected chi connectivity index (χ2v) is 6.29. The standard InChI is InChI=1S/C19H16ClN3O3/c1-12-4-2-7-15(8-12)21-17(24)11-23-18(25)16(22-19(23)26)10-13-5-3-6-14(20)9-13/h2-10H,11H2,1H3,(H,21,24)(H,22,26)/b16-10+. The molecule has 0 unspecified atom stereocenters.